The van der Waals surface area contributed by atoms with Crippen molar-refractivity contribution in [2.45, 2.75) is 57.0 Å². The Hall–Kier alpha value is -1.92. The van der Waals surface area contributed by atoms with E-state index in [0.29, 0.717) is 32.1 Å². The molecule has 0 heterocycles. The Balaban J connectivity index is 2.22. The lowest BCUT2D eigenvalue weighted by molar-refractivity contribution is -0.120. The van der Waals surface area contributed by atoms with Gasteiger partial charge in [0, 0.05) is 6.42 Å². The first kappa shape index (κ1) is 21.8. The zero-order valence-electron chi connectivity index (χ0n) is 17.2. The minimum Gasteiger partial charge on any atom is -0.308 e. The van der Waals surface area contributed by atoms with E-state index in [1.54, 1.807) is 0 Å². The minimum absolute atomic E-state index is 0.107. The van der Waals surface area contributed by atoms with Crippen LogP contribution in [-0.2, 0) is 18.4 Å². The number of hydrogen-bond donors (Lipinski definition) is 0. The number of benzene rings is 2. The van der Waals surface area contributed by atoms with Crippen molar-refractivity contribution in [1.29, 1.82) is 0 Å². The van der Waals surface area contributed by atoms with Gasteiger partial charge in [0.1, 0.15) is 5.16 Å². The molecule has 0 aliphatic heterocycles. The molecule has 2 aromatic rings. The molecule has 5 heteroatoms. The van der Waals surface area contributed by atoms with Gasteiger partial charge in [-0.2, -0.15) is 0 Å². The molecule has 29 heavy (non-hydrogen) atoms. The molecule has 0 amide bonds. The number of Topliss-reactive ketones (excluding diaryl/α,β-unsaturated/α-hetero) is 1. The lowest BCUT2D eigenvalue weighted by Gasteiger charge is -2.39. The molecule has 0 bridgehead atoms. The highest BCUT2D eigenvalue weighted by Crippen LogP contribution is 2.69. The second kappa shape index (κ2) is 9.26. The van der Waals surface area contributed by atoms with Crippen molar-refractivity contribution in [3.8, 4) is 12.3 Å². The first-order valence-corrected chi connectivity index (χ1v) is 11.9. The van der Waals surface area contributed by atoms with Crippen molar-refractivity contribution in [1.82, 2.24) is 0 Å². The molecule has 0 radical (unpaired) electrons. The van der Waals surface area contributed by atoms with Gasteiger partial charge in [-0.3, -0.25) is 9.36 Å². The van der Waals surface area contributed by atoms with E-state index in [1.807, 2.05) is 56.3 Å². The summed E-state index contributed by atoms with van der Waals surface area (Å²) in [4.78, 5) is 13.4. The van der Waals surface area contributed by atoms with Crippen LogP contribution in [-0.4, -0.2) is 24.2 Å². The molecule has 0 aromatic heterocycles. The Bertz CT molecular complexity index is 944. The molecule has 2 atom stereocenters. The Kier molecular flexibility index (Phi) is 6.96. The topological polar surface area (TPSA) is 52.6 Å². The van der Waals surface area contributed by atoms with Crippen LogP contribution in [0.25, 0.3) is 10.8 Å². The van der Waals surface area contributed by atoms with E-state index in [1.165, 1.54) is 0 Å². The molecule has 0 saturated heterocycles. The lowest BCUT2D eigenvalue weighted by atomic mass is 9.81. The molecule has 1 aliphatic carbocycles. The van der Waals surface area contributed by atoms with Crippen LogP contribution in [0.3, 0.4) is 0 Å². The molecular weight excluding hydrogens is 383 g/mol. The van der Waals surface area contributed by atoms with Gasteiger partial charge < -0.3 is 9.05 Å². The first-order valence-electron chi connectivity index (χ1n) is 10.4. The predicted octanol–water partition coefficient (Wildman–Crippen LogP) is 6.09. The maximum Gasteiger partial charge on any atom is 0.345 e. The van der Waals surface area contributed by atoms with Gasteiger partial charge in [0.25, 0.3) is 0 Å². The largest absolute Gasteiger partial charge is 0.345 e. The molecular formula is C24H29O4P. The Labute approximate surface area is 173 Å². The monoisotopic (exact) mass is 412 g/mol. The van der Waals surface area contributed by atoms with E-state index in [0.717, 1.165) is 16.3 Å². The average Bonchev–Trinajstić information content (AvgIpc) is 3.14. The van der Waals surface area contributed by atoms with Gasteiger partial charge in [-0.05, 0) is 42.0 Å². The highest BCUT2D eigenvalue weighted by molar-refractivity contribution is 7.57. The number of rotatable bonds is 9. The van der Waals surface area contributed by atoms with Crippen molar-refractivity contribution >= 4 is 24.2 Å². The van der Waals surface area contributed by atoms with Crippen molar-refractivity contribution in [2.24, 2.45) is 0 Å². The molecule has 3 rings (SSSR count). The van der Waals surface area contributed by atoms with Crippen molar-refractivity contribution in [2.75, 3.05) is 13.2 Å². The molecule has 2 aromatic carbocycles. The van der Waals surface area contributed by atoms with Gasteiger partial charge in [0.05, 0.1) is 19.1 Å². The SMILES string of the molecule is C#C[C@H](c1cccc2ccccc12)[C@@]1(P(=O)(OCCC)OCCC)CCCC1=O. The van der Waals surface area contributed by atoms with E-state index in [-0.39, 0.29) is 19.0 Å². The molecule has 0 unspecified atom stereocenters. The summed E-state index contributed by atoms with van der Waals surface area (Å²) in [7, 11) is -3.80. The predicted molar refractivity (Wildman–Crippen MR) is 117 cm³/mol. The third-order valence-electron chi connectivity index (χ3n) is 5.64. The molecule has 0 spiro atoms. The normalized spacial score (nSPS) is 20.7. The van der Waals surface area contributed by atoms with E-state index >= 15 is 0 Å². The summed E-state index contributed by atoms with van der Waals surface area (Å²) in [5.74, 6) is 2.04. The Morgan fingerprint density at radius 3 is 2.34 bits per heavy atom. The lowest BCUT2D eigenvalue weighted by Crippen LogP contribution is -2.41. The number of terminal acetylenes is 1. The van der Waals surface area contributed by atoms with Gasteiger partial charge in [-0.1, -0.05) is 62.2 Å². The summed E-state index contributed by atoms with van der Waals surface area (Å²) in [6, 6.07) is 13.8. The number of carbonyl (C=O) groups excluding carboxylic acids is 1. The molecule has 154 valence electrons. The van der Waals surface area contributed by atoms with E-state index < -0.39 is 18.7 Å². The summed E-state index contributed by atoms with van der Waals surface area (Å²) in [5.41, 5.74) is 0.835. The highest BCUT2D eigenvalue weighted by atomic mass is 31.2. The standard InChI is InChI=1S/C24H29O4P/c1-4-17-27-29(26,28-18-5-2)24(16-10-15-23(24)25)22(6-3)21-14-9-12-19-11-7-8-13-20(19)21/h3,7-9,11-14,22H,4-5,10,15-18H2,1-2H3/t22-,24+/m1/s1. The fourth-order valence-corrected chi connectivity index (χ4v) is 7.07. The summed E-state index contributed by atoms with van der Waals surface area (Å²) < 4.78 is 26.0. The van der Waals surface area contributed by atoms with E-state index in [2.05, 4.69) is 5.92 Å². The zero-order chi connectivity index (χ0) is 20.9. The minimum atomic E-state index is -3.80. The Morgan fingerprint density at radius 1 is 1.10 bits per heavy atom. The van der Waals surface area contributed by atoms with Crippen LogP contribution < -0.4 is 0 Å². The van der Waals surface area contributed by atoms with Crippen LogP contribution >= 0.6 is 7.60 Å². The van der Waals surface area contributed by atoms with Gasteiger partial charge in [0.15, 0.2) is 5.78 Å². The van der Waals surface area contributed by atoms with Crippen LogP contribution in [0.15, 0.2) is 42.5 Å². The molecule has 1 fully saturated rings. The summed E-state index contributed by atoms with van der Waals surface area (Å²) in [6.45, 7) is 4.42. The van der Waals surface area contributed by atoms with Crippen LogP contribution in [0.5, 0.6) is 0 Å². The second-order valence-electron chi connectivity index (χ2n) is 7.53. The maximum absolute atomic E-state index is 14.2. The molecule has 1 aliphatic rings. The second-order valence-corrected chi connectivity index (χ2v) is 9.84. The van der Waals surface area contributed by atoms with Crippen molar-refractivity contribution in [3.05, 3.63) is 48.0 Å². The van der Waals surface area contributed by atoms with Crippen LogP contribution in [0.4, 0.5) is 0 Å². The summed E-state index contributed by atoms with van der Waals surface area (Å²) in [5, 5.41) is 0.662. The fourth-order valence-electron chi connectivity index (χ4n) is 4.31. The molecule has 0 N–H and O–H groups in total. The van der Waals surface area contributed by atoms with Crippen LogP contribution in [0, 0.1) is 12.3 Å². The number of ketones is 1. The number of fused-ring (bicyclic) bond motifs is 1. The number of carbonyl (C=O) groups is 1. The summed E-state index contributed by atoms with van der Waals surface area (Å²) in [6.07, 6.45) is 8.79. The first-order chi connectivity index (χ1) is 14.0. The highest BCUT2D eigenvalue weighted by Gasteiger charge is 2.63. The maximum atomic E-state index is 14.2. The van der Waals surface area contributed by atoms with E-state index in [4.69, 9.17) is 15.5 Å². The molecule has 1 saturated carbocycles. The van der Waals surface area contributed by atoms with Crippen LogP contribution in [0.2, 0.25) is 0 Å². The van der Waals surface area contributed by atoms with Gasteiger partial charge in [-0.15, -0.1) is 6.42 Å². The quantitative estimate of drug-likeness (QED) is 0.369. The zero-order valence-corrected chi connectivity index (χ0v) is 18.1. The average molecular weight is 412 g/mol. The third kappa shape index (κ3) is 3.80. The molecule has 4 nitrogen and oxygen atoms in total. The van der Waals surface area contributed by atoms with E-state index in [9.17, 15) is 9.36 Å². The third-order valence-corrected chi connectivity index (χ3v) is 8.40. The number of hydrogen-bond acceptors (Lipinski definition) is 4. The van der Waals surface area contributed by atoms with Crippen LogP contribution in [0.1, 0.15) is 57.4 Å². The van der Waals surface area contributed by atoms with Gasteiger partial charge in [-0.25, -0.2) is 0 Å². The smallest absolute Gasteiger partial charge is 0.308 e. The van der Waals surface area contributed by atoms with Gasteiger partial charge >= 0.3 is 7.60 Å². The van der Waals surface area contributed by atoms with Crippen molar-refractivity contribution < 1.29 is 18.4 Å². The fraction of sp³-hybridized carbons (Fsp3) is 0.458. The van der Waals surface area contributed by atoms with Gasteiger partial charge in [0.2, 0.25) is 0 Å². The summed E-state index contributed by atoms with van der Waals surface area (Å²) >= 11 is 0. The Morgan fingerprint density at radius 2 is 1.76 bits per heavy atom. The van der Waals surface area contributed by atoms with Crippen molar-refractivity contribution in [3.63, 3.8) is 0 Å².